The Kier molecular flexibility index (Phi) is 49.2. The van der Waals surface area contributed by atoms with Crippen molar-refractivity contribution in [2.45, 2.75) is 133 Å². The molecule has 0 aliphatic rings. The van der Waals surface area contributed by atoms with Crippen LogP contribution in [0.25, 0.3) is 0 Å². The van der Waals surface area contributed by atoms with Crippen LogP contribution >= 0.6 is 0 Å². The van der Waals surface area contributed by atoms with Gasteiger partial charge in [0.1, 0.15) is 6.61 Å². The predicted molar refractivity (Wildman–Crippen MR) is 147 cm³/mol. The Morgan fingerprint density at radius 3 is 1.16 bits per heavy atom. The van der Waals surface area contributed by atoms with E-state index in [0.717, 1.165) is 6.42 Å². The van der Waals surface area contributed by atoms with Crippen LogP contribution in [0.5, 0.6) is 0 Å². The minimum Gasteiger partial charge on any atom is -0.481 e. The molecule has 0 aromatic carbocycles. The van der Waals surface area contributed by atoms with Crippen molar-refractivity contribution in [3.05, 3.63) is 12.7 Å². The summed E-state index contributed by atoms with van der Waals surface area (Å²) < 4.78 is 4.89. The van der Waals surface area contributed by atoms with Crippen LogP contribution in [-0.2, 0) is 14.3 Å². The molecule has 0 unspecified atom stereocenters. The lowest BCUT2D eigenvalue weighted by molar-refractivity contribution is -0.152. The van der Waals surface area contributed by atoms with Gasteiger partial charge in [0.25, 0.3) is 0 Å². The standard InChI is InChI=1S/C9H16O2.C6H12O2.C6H14.6CH4/c1-5-7-11-8(10)9(3,4)6-2;1-4-6(2,3)5(7)8;1-5-6(2,3)4;;;;;;/h5H,1,6-7H2,2-4H3;4H2,1-3H3,(H,7,8);5H2,1-4H3;6*1H4. The number of ether oxygens (including phenoxy) is 1. The van der Waals surface area contributed by atoms with Crippen molar-refractivity contribution in [1.82, 2.24) is 0 Å². The molecule has 0 saturated carbocycles. The molecule has 0 atom stereocenters. The number of carboxylic acids is 1. The summed E-state index contributed by atoms with van der Waals surface area (Å²) in [5.74, 6) is -0.875. The first-order valence-electron chi connectivity index (χ1n) is 9.12. The highest BCUT2D eigenvalue weighted by Crippen LogP contribution is 2.21. The fourth-order valence-electron chi connectivity index (χ4n) is 0.626. The maximum atomic E-state index is 11.2. The minimum atomic E-state index is -0.722. The van der Waals surface area contributed by atoms with Gasteiger partial charge in [-0.25, -0.2) is 0 Å². The molecule has 0 bridgehead atoms. The summed E-state index contributed by atoms with van der Waals surface area (Å²) in [5.41, 5.74) is -0.358. The van der Waals surface area contributed by atoms with Gasteiger partial charge in [-0.1, -0.05) is 105 Å². The normalized spacial score (nSPS) is 9.10. The average Bonchev–Trinajstić information content (AvgIpc) is 2.52. The van der Waals surface area contributed by atoms with Crippen molar-refractivity contribution in [3.63, 3.8) is 0 Å². The fourth-order valence-corrected chi connectivity index (χ4v) is 0.626. The van der Waals surface area contributed by atoms with E-state index in [1.807, 2.05) is 27.7 Å². The van der Waals surface area contributed by atoms with E-state index in [9.17, 15) is 9.59 Å². The van der Waals surface area contributed by atoms with Gasteiger partial charge in [-0.2, -0.15) is 0 Å². The third-order valence-corrected chi connectivity index (χ3v) is 4.29. The Labute approximate surface area is 200 Å². The van der Waals surface area contributed by atoms with Crippen molar-refractivity contribution in [1.29, 1.82) is 0 Å². The van der Waals surface area contributed by atoms with Crippen molar-refractivity contribution in [2.24, 2.45) is 16.2 Å². The zero-order valence-electron chi connectivity index (χ0n) is 18.3. The van der Waals surface area contributed by atoms with Crippen LogP contribution in [-0.4, -0.2) is 23.7 Å². The summed E-state index contributed by atoms with van der Waals surface area (Å²) >= 11 is 0. The first-order chi connectivity index (χ1) is 11.1. The Hall–Kier alpha value is -1.32. The second-order valence-electron chi connectivity index (χ2n) is 8.58. The van der Waals surface area contributed by atoms with Crippen molar-refractivity contribution in [2.75, 3.05) is 6.61 Å². The van der Waals surface area contributed by atoms with E-state index in [4.69, 9.17) is 9.84 Å². The molecule has 4 nitrogen and oxygen atoms in total. The third-order valence-electron chi connectivity index (χ3n) is 4.29. The summed E-state index contributed by atoms with van der Waals surface area (Å²) in [4.78, 5) is 21.4. The molecule has 1 N–H and O–H groups in total. The fraction of sp³-hybridized carbons (Fsp3) is 0.852. The van der Waals surface area contributed by atoms with E-state index in [0.29, 0.717) is 18.4 Å². The number of esters is 1. The quantitative estimate of drug-likeness (QED) is 0.320. The number of hydrogen-bond donors (Lipinski definition) is 1. The molecule has 4 heteroatoms. The molecule has 0 heterocycles. The van der Waals surface area contributed by atoms with Gasteiger partial charge in [0.2, 0.25) is 0 Å². The molecular formula is C27H66O4. The van der Waals surface area contributed by atoms with Gasteiger partial charge < -0.3 is 9.84 Å². The number of aliphatic carboxylic acids is 1. The SMILES string of the molecule is C.C.C.C.C.C.C=CCOC(=O)C(C)(C)CC.CCC(C)(C)C.CCC(C)(C)C(=O)O. The minimum absolute atomic E-state index is 0. The maximum absolute atomic E-state index is 11.2. The van der Waals surface area contributed by atoms with Crippen LogP contribution in [0.2, 0.25) is 0 Å². The summed E-state index contributed by atoms with van der Waals surface area (Å²) in [5, 5.41) is 8.44. The molecule has 0 amide bonds. The van der Waals surface area contributed by atoms with Crippen molar-refractivity contribution < 1.29 is 19.4 Å². The second kappa shape index (κ2) is 26.7. The van der Waals surface area contributed by atoms with Crippen LogP contribution in [0.3, 0.4) is 0 Å². The molecule has 0 spiro atoms. The molecule has 0 aromatic rings. The Morgan fingerprint density at radius 2 is 1.03 bits per heavy atom. The van der Waals surface area contributed by atoms with Crippen LogP contribution in [0, 0.1) is 16.2 Å². The van der Waals surface area contributed by atoms with Crippen LogP contribution in [0.1, 0.15) is 133 Å². The second-order valence-corrected chi connectivity index (χ2v) is 8.58. The molecule has 0 radical (unpaired) electrons. The van der Waals surface area contributed by atoms with Crippen LogP contribution in [0.15, 0.2) is 12.7 Å². The molecule has 0 saturated heterocycles. The Morgan fingerprint density at radius 1 is 0.742 bits per heavy atom. The zero-order valence-corrected chi connectivity index (χ0v) is 18.3. The molecule has 0 fully saturated rings. The van der Waals surface area contributed by atoms with E-state index in [-0.39, 0.29) is 55.9 Å². The van der Waals surface area contributed by atoms with E-state index in [2.05, 4.69) is 34.3 Å². The largest absolute Gasteiger partial charge is 0.481 e. The smallest absolute Gasteiger partial charge is 0.311 e. The van der Waals surface area contributed by atoms with Gasteiger partial charge in [-0.05, 0) is 46.0 Å². The molecule has 0 aliphatic heterocycles. The van der Waals surface area contributed by atoms with Gasteiger partial charge in [-0.3, -0.25) is 9.59 Å². The van der Waals surface area contributed by atoms with Crippen molar-refractivity contribution >= 4 is 11.9 Å². The number of carbonyl (C=O) groups excluding carboxylic acids is 1. The molecule has 0 aromatic heterocycles. The number of rotatable bonds is 6. The van der Waals surface area contributed by atoms with Crippen LogP contribution < -0.4 is 0 Å². The summed E-state index contributed by atoms with van der Waals surface area (Å²) in [6.45, 7) is 23.7. The summed E-state index contributed by atoms with van der Waals surface area (Å²) in [6.07, 6.45) is 4.32. The lowest BCUT2D eigenvalue weighted by Gasteiger charge is -2.19. The van der Waals surface area contributed by atoms with Gasteiger partial charge in [0.05, 0.1) is 10.8 Å². The Bertz CT molecular complexity index is 389. The average molecular weight is 455 g/mol. The predicted octanol–water partition coefficient (Wildman–Crippen LogP) is 9.92. The highest BCUT2D eigenvalue weighted by Gasteiger charge is 2.26. The highest BCUT2D eigenvalue weighted by molar-refractivity contribution is 5.75. The Balaban J connectivity index is -0.0000000316. The van der Waals surface area contributed by atoms with Gasteiger partial charge in [0, 0.05) is 0 Å². The van der Waals surface area contributed by atoms with E-state index in [1.54, 1.807) is 19.9 Å². The van der Waals surface area contributed by atoms with Gasteiger partial charge >= 0.3 is 11.9 Å². The third kappa shape index (κ3) is 36.4. The lowest BCUT2D eigenvalue weighted by Crippen LogP contribution is -2.25. The molecule has 198 valence electrons. The zero-order chi connectivity index (χ0) is 20.9. The number of carbonyl (C=O) groups is 2. The van der Waals surface area contributed by atoms with Gasteiger partial charge in [-0.15, -0.1) is 0 Å². The number of carboxylic acid groups (broad SMARTS) is 1. The maximum Gasteiger partial charge on any atom is 0.311 e. The monoisotopic (exact) mass is 454 g/mol. The van der Waals surface area contributed by atoms with Crippen molar-refractivity contribution in [3.8, 4) is 0 Å². The van der Waals surface area contributed by atoms with E-state index < -0.39 is 11.4 Å². The van der Waals surface area contributed by atoms with E-state index in [1.165, 1.54) is 6.42 Å². The molecule has 0 rings (SSSR count). The molecule has 31 heavy (non-hydrogen) atoms. The first kappa shape index (κ1) is 57.1. The lowest BCUT2D eigenvalue weighted by atomic mass is 9.91. The summed E-state index contributed by atoms with van der Waals surface area (Å²) in [7, 11) is 0. The molecule has 0 aliphatic carbocycles. The van der Waals surface area contributed by atoms with Crippen LogP contribution in [0.4, 0.5) is 0 Å². The highest BCUT2D eigenvalue weighted by atomic mass is 16.5. The number of hydrogen-bond acceptors (Lipinski definition) is 3. The van der Waals surface area contributed by atoms with Gasteiger partial charge in [0.15, 0.2) is 0 Å². The first-order valence-corrected chi connectivity index (χ1v) is 9.12. The molecular weight excluding hydrogens is 388 g/mol. The summed E-state index contributed by atoms with van der Waals surface area (Å²) in [6, 6.07) is 0. The topological polar surface area (TPSA) is 63.6 Å². The van der Waals surface area contributed by atoms with E-state index >= 15 is 0 Å².